The van der Waals surface area contributed by atoms with E-state index in [1.54, 1.807) is 31.2 Å². The minimum atomic E-state index is -0.460. The first kappa shape index (κ1) is 24.2. The molecule has 8 nitrogen and oxygen atoms in total. The number of amides is 2. The third kappa shape index (κ3) is 6.97. The number of hydrogen-bond donors (Lipinski definition) is 3. The molecule has 3 rings (SSSR count). The van der Waals surface area contributed by atoms with Crippen molar-refractivity contribution in [2.45, 2.75) is 25.4 Å². The van der Waals surface area contributed by atoms with Crippen molar-refractivity contribution in [1.82, 2.24) is 20.1 Å². The van der Waals surface area contributed by atoms with Gasteiger partial charge in [0.05, 0.1) is 0 Å². The molecule has 1 aliphatic rings. The average Bonchev–Trinajstić information content (AvgIpc) is 3.18. The van der Waals surface area contributed by atoms with E-state index in [0.717, 1.165) is 18.1 Å². The number of carbonyl (C=O) groups is 2. The molecule has 0 aliphatic carbocycles. The van der Waals surface area contributed by atoms with Gasteiger partial charge in [-0.3, -0.25) is 9.59 Å². The molecule has 1 aromatic carbocycles. The molecule has 154 valence electrons. The SMILES string of the molecule is CC(C(=O)Nc1ccc(NC(=O)CC2CSCCN2)cc1)n1cncn1.Cl.Cl. The van der Waals surface area contributed by atoms with Crippen LogP contribution in [0.5, 0.6) is 0 Å². The summed E-state index contributed by atoms with van der Waals surface area (Å²) < 4.78 is 1.49. The second kappa shape index (κ2) is 11.9. The van der Waals surface area contributed by atoms with Gasteiger partial charge in [-0.25, -0.2) is 9.67 Å². The molecule has 2 heterocycles. The van der Waals surface area contributed by atoms with Crippen molar-refractivity contribution >= 4 is 59.8 Å². The number of nitrogens with one attached hydrogen (secondary N) is 3. The van der Waals surface area contributed by atoms with E-state index in [4.69, 9.17) is 0 Å². The van der Waals surface area contributed by atoms with Crippen LogP contribution in [0, 0.1) is 0 Å². The molecule has 1 aliphatic heterocycles. The lowest BCUT2D eigenvalue weighted by Gasteiger charge is -2.22. The molecule has 0 saturated carbocycles. The zero-order valence-electron chi connectivity index (χ0n) is 15.3. The van der Waals surface area contributed by atoms with Crippen LogP contribution in [0.1, 0.15) is 19.4 Å². The van der Waals surface area contributed by atoms with Gasteiger partial charge in [0.1, 0.15) is 18.7 Å². The summed E-state index contributed by atoms with van der Waals surface area (Å²) in [5, 5.41) is 13.0. The Morgan fingerprint density at radius 3 is 2.50 bits per heavy atom. The van der Waals surface area contributed by atoms with E-state index >= 15 is 0 Å². The Balaban J connectivity index is 0.00000196. The van der Waals surface area contributed by atoms with Gasteiger partial charge in [-0.1, -0.05) is 0 Å². The lowest BCUT2D eigenvalue weighted by Crippen LogP contribution is -2.39. The first-order valence-electron chi connectivity index (χ1n) is 8.48. The molecule has 28 heavy (non-hydrogen) atoms. The van der Waals surface area contributed by atoms with Crippen LogP contribution >= 0.6 is 36.6 Å². The van der Waals surface area contributed by atoms with Gasteiger partial charge >= 0.3 is 0 Å². The van der Waals surface area contributed by atoms with E-state index < -0.39 is 6.04 Å². The normalized spacial score (nSPS) is 16.8. The van der Waals surface area contributed by atoms with E-state index in [0.29, 0.717) is 17.8 Å². The Kier molecular flexibility index (Phi) is 10.3. The second-order valence-electron chi connectivity index (χ2n) is 6.10. The van der Waals surface area contributed by atoms with Crippen molar-refractivity contribution in [1.29, 1.82) is 0 Å². The first-order valence-corrected chi connectivity index (χ1v) is 9.63. The number of carbonyl (C=O) groups excluding carboxylic acids is 2. The first-order chi connectivity index (χ1) is 12.6. The third-order valence-electron chi connectivity index (χ3n) is 4.08. The van der Waals surface area contributed by atoms with Crippen molar-refractivity contribution in [3.8, 4) is 0 Å². The predicted molar refractivity (Wildman–Crippen MR) is 117 cm³/mol. The van der Waals surface area contributed by atoms with Crippen LogP contribution in [0.3, 0.4) is 0 Å². The monoisotopic (exact) mass is 446 g/mol. The van der Waals surface area contributed by atoms with Crippen molar-refractivity contribution in [3.63, 3.8) is 0 Å². The molecule has 0 bridgehead atoms. The second-order valence-corrected chi connectivity index (χ2v) is 7.25. The molecule has 2 unspecified atom stereocenters. The summed E-state index contributed by atoms with van der Waals surface area (Å²) in [7, 11) is 0. The largest absolute Gasteiger partial charge is 0.326 e. The van der Waals surface area contributed by atoms with E-state index in [9.17, 15) is 9.59 Å². The molecule has 3 N–H and O–H groups in total. The van der Waals surface area contributed by atoms with Gasteiger partial charge in [-0.2, -0.15) is 16.9 Å². The molecule has 2 atom stereocenters. The Morgan fingerprint density at radius 1 is 1.25 bits per heavy atom. The molecule has 2 aromatic rings. The number of anilines is 2. The van der Waals surface area contributed by atoms with Crippen molar-refractivity contribution in [3.05, 3.63) is 36.9 Å². The number of hydrogen-bond acceptors (Lipinski definition) is 6. The van der Waals surface area contributed by atoms with Crippen LogP contribution in [0.15, 0.2) is 36.9 Å². The molecular weight excluding hydrogens is 423 g/mol. The highest BCUT2D eigenvalue weighted by atomic mass is 35.5. The summed E-state index contributed by atoms with van der Waals surface area (Å²) in [4.78, 5) is 28.2. The molecule has 1 aromatic heterocycles. The van der Waals surface area contributed by atoms with Gasteiger partial charge < -0.3 is 16.0 Å². The number of nitrogens with zero attached hydrogens (tertiary/aromatic N) is 3. The van der Waals surface area contributed by atoms with E-state index in [2.05, 4.69) is 26.0 Å². The minimum absolute atomic E-state index is 0. The summed E-state index contributed by atoms with van der Waals surface area (Å²) in [6.45, 7) is 2.69. The Labute approximate surface area is 180 Å². The zero-order chi connectivity index (χ0) is 18.4. The highest BCUT2D eigenvalue weighted by Gasteiger charge is 2.17. The Morgan fingerprint density at radius 2 is 1.93 bits per heavy atom. The maximum atomic E-state index is 12.2. The summed E-state index contributed by atoms with van der Waals surface area (Å²) in [5.41, 5.74) is 1.37. The molecular formula is C17H24Cl2N6O2S. The number of halogens is 2. The number of aromatic nitrogens is 3. The highest BCUT2D eigenvalue weighted by molar-refractivity contribution is 7.99. The van der Waals surface area contributed by atoms with Gasteiger partial charge in [0.2, 0.25) is 11.8 Å². The number of rotatable bonds is 6. The minimum Gasteiger partial charge on any atom is -0.326 e. The van der Waals surface area contributed by atoms with E-state index in [1.807, 2.05) is 11.8 Å². The lowest BCUT2D eigenvalue weighted by molar-refractivity contribution is -0.119. The van der Waals surface area contributed by atoms with E-state index in [-0.39, 0.29) is 42.7 Å². The maximum Gasteiger partial charge on any atom is 0.249 e. The summed E-state index contributed by atoms with van der Waals surface area (Å²) in [6.07, 6.45) is 3.35. The van der Waals surface area contributed by atoms with Crippen LogP contribution in [0.4, 0.5) is 11.4 Å². The third-order valence-corrected chi connectivity index (χ3v) is 5.21. The van der Waals surface area contributed by atoms with Crippen LogP contribution in [-0.4, -0.2) is 50.7 Å². The van der Waals surface area contributed by atoms with Gasteiger partial charge in [0, 0.05) is 41.9 Å². The van der Waals surface area contributed by atoms with Gasteiger partial charge in [0.15, 0.2) is 0 Å². The Bertz CT molecular complexity index is 739. The molecule has 0 spiro atoms. The topological polar surface area (TPSA) is 101 Å². The fraction of sp³-hybridized carbons (Fsp3) is 0.412. The van der Waals surface area contributed by atoms with Crippen molar-refractivity contribution in [2.75, 3.05) is 28.7 Å². The number of thioether (sulfide) groups is 1. The highest BCUT2D eigenvalue weighted by Crippen LogP contribution is 2.16. The van der Waals surface area contributed by atoms with Crippen LogP contribution in [0.25, 0.3) is 0 Å². The molecule has 2 amide bonds. The lowest BCUT2D eigenvalue weighted by atomic mass is 10.2. The summed E-state index contributed by atoms with van der Waals surface area (Å²) >= 11 is 1.87. The number of benzene rings is 1. The summed E-state index contributed by atoms with van der Waals surface area (Å²) in [6, 6.07) is 6.84. The van der Waals surface area contributed by atoms with Gasteiger partial charge in [-0.15, -0.1) is 24.8 Å². The Hall–Kier alpha value is -1.81. The predicted octanol–water partition coefficient (Wildman–Crippen LogP) is 2.36. The zero-order valence-corrected chi connectivity index (χ0v) is 17.8. The fourth-order valence-corrected chi connectivity index (χ4v) is 3.56. The van der Waals surface area contributed by atoms with Crippen LogP contribution in [0.2, 0.25) is 0 Å². The molecule has 1 saturated heterocycles. The van der Waals surface area contributed by atoms with Gasteiger partial charge in [-0.05, 0) is 31.2 Å². The maximum absolute atomic E-state index is 12.2. The molecule has 0 radical (unpaired) electrons. The summed E-state index contributed by atoms with van der Waals surface area (Å²) in [5.74, 6) is 1.86. The smallest absolute Gasteiger partial charge is 0.249 e. The van der Waals surface area contributed by atoms with Gasteiger partial charge in [0.25, 0.3) is 0 Å². The van der Waals surface area contributed by atoms with Crippen molar-refractivity contribution < 1.29 is 9.59 Å². The van der Waals surface area contributed by atoms with Crippen LogP contribution in [-0.2, 0) is 9.59 Å². The molecule has 1 fully saturated rings. The standard InChI is InChI=1S/C17H22N6O2S.2ClH/c1-12(23-11-18-10-20-23)17(25)22-14-4-2-13(3-5-14)21-16(24)8-15-9-26-7-6-19-15;;/h2-5,10-12,15,19H,6-9H2,1H3,(H,21,24)(H,22,25);2*1H. The fourth-order valence-electron chi connectivity index (χ4n) is 2.61. The quantitative estimate of drug-likeness (QED) is 0.629. The molecule has 11 heteroatoms. The van der Waals surface area contributed by atoms with Crippen LogP contribution < -0.4 is 16.0 Å². The van der Waals surface area contributed by atoms with Crippen molar-refractivity contribution in [2.24, 2.45) is 0 Å². The average molecular weight is 447 g/mol. The van der Waals surface area contributed by atoms with E-state index in [1.165, 1.54) is 17.3 Å².